The summed E-state index contributed by atoms with van der Waals surface area (Å²) < 4.78 is 1.66. The Morgan fingerprint density at radius 2 is 2.00 bits per heavy atom. The lowest BCUT2D eigenvalue weighted by Crippen LogP contribution is -2.40. The normalized spacial score (nSPS) is 15.0. The summed E-state index contributed by atoms with van der Waals surface area (Å²) >= 11 is 0. The maximum absolute atomic E-state index is 12.4. The number of aromatic amines is 1. The van der Waals surface area contributed by atoms with Gasteiger partial charge in [-0.2, -0.15) is 5.10 Å². The lowest BCUT2D eigenvalue weighted by Gasteiger charge is -2.32. The van der Waals surface area contributed by atoms with Crippen LogP contribution in [0, 0.1) is 5.92 Å². The van der Waals surface area contributed by atoms with Crippen molar-refractivity contribution in [3.05, 3.63) is 65.2 Å². The van der Waals surface area contributed by atoms with Gasteiger partial charge in [-0.1, -0.05) is 0 Å². The molecule has 0 spiro atoms. The van der Waals surface area contributed by atoms with Crippen LogP contribution in [0.2, 0.25) is 0 Å². The Kier molecular flexibility index (Phi) is 4.78. The second-order valence-corrected chi connectivity index (χ2v) is 6.72. The maximum Gasteiger partial charge on any atom is 0.257 e. The third kappa shape index (κ3) is 3.79. The van der Waals surface area contributed by atoms with E-state index in [9.17, 15) is 9.59 Å². The van der Waals surface area contributed by atoms with Gasteiger partial charge in [0, 0.05) is 49.9 Å². The summed E-state index contributed by atoms with van der Waals surface area (Å²) in [4.78, 5) is 35.0. The lowest BCUT2D eigenvalue weighted by molar-refractivity contribution is 0.0682. The number of nitrogens with zero attached hydrogens (tertiary/aromatic N) is 5. The first-order valence-electron chi connectivity index (χ1n) is 8.95. The molecule has 138 valence electrons. The molecule has 3 aromatic heterocycles. The molecule has 8 nitrogen and oxygen atoms in total. The highest BCUT2D eigenvalue weighted by molar-refractivity contribution is 5.93. The number of carbonyl (C=O) groups excluding carboxylic acids is 1. The van der Waals surface area contributed by atoms with E-state index in [-0.39, 0.29) is 11.5 Å². The third-order valence-corrected chi connectivity index (χ3v) is 4.96. The van der Waals surface area contributed by atoms with Crippen LogP contribution >= 0.6 is 0 Å². The zero-order valence-electron chi connectivity index (χ0n) is 14.8. The lowest BCUT2D eigenvalue weighted by atomic mass is 9.96. The number of nitrogens with one attached hydrogen (secondary N) is 1. The Labute approximate surface area is 155 Å². The molecular weight excluding hydrogens is 344 g/mol. The number of amides is 1. The van der Waals surface area contributed by atoms with Crippen molar-refractivity contribution in [2.45, 2.75) is 19.4 Å². The highest BCUT2D eigenvalue weighted by Crippen LogP contribution is 2.20. The standard InChI is InChI=1S/C19H20N6O2/c26-18-9-17(15-1-5-20-6-2-15)21-13-25(18)12-14-3-7-24(8-4-14)19(27)16-10-22-23-11-16/h1-2,5-6,9-11,13-14H,3-4,7-8,12H2,(H,22,23). The molecule has 3 aromatic rings. The molecule has 27 heavy (non-hydrogen) atoms. The fourth-order valence-corrected chi connectivity index (χ4v) is 3.39. The Bertz CT molecular complexity index is 959. The number of hydrogen-bond donors (Lipinski definition) is 1. The van der Waals surface area contributed by atoms with Gasteiger partial charge in [0.15, 0.2) is 0 Å². The number of likely N-dealkylation sites (tertiary alicyclic amines) is 1. The number of rotatable bonds is 4. The maximum atomic E-state index is 12.4. The van der Waals surface area contributed by atoms with Crippen molar-refractivity contribution in [1.29, 1.82) is 0 Å². The molecule has 4 rings (SSSR count). The predicted molar refractivity (Wildman–Crippen MR) is 98.9 cm³/mol. The molecule has 0 aromatic carbocycles. The average molecular weight is 364 g/mol. The summed E-state index contributed by atoms with van der Waals surface area (Å²) in [6, 6.07) is 5.23. The largest absolute Gasteiger partial charge is 0.339 e. The van der Waals surface area contributed by atoms with E-state index in [4.69, 9.17) is 0 Å². The van der Waals surface area contributed by atoms with Crippen LogP contribution in [0.3, 0.4) is 0 Å². The molecule has 0 atom stereocenters. The van der Waals surface area contributed by atoms with Gasteiger partial charge in [-0.15, -0.1) is 0 Å². The van der Waals surface area contributed by atoms with Gasteiger partial charge < -0.3 is 4.90 Å². The zero-order chi connectivity index (χ0) is 18.6. The molecule has 1 N–H and O–H groups in total. The minimum Gasteiger partial charge on any atom is -0.339 e. The van der Waals surface area contributed by atoms with Crippen molar-refractivity contribution in [2.75, 3.05) is 13.1 Å². The van der Waals surface area contributed by atoms with Crippen LogP contribution in [-0.4, -0.2) is 48.6 Å². The zero-order valence-corrected chi connectivity index (χ0v) is 14.8. The summed E-state index contributed by atoms with van der Waals surface area (Å²) in [5, 5.41) is 6.49. The fraction of sp³-hybridized carbons (Fsp3) is 0.316. The number of carbonyl (C=O) groups is 1. The van der Waals surface area contributed by atoms with Crippen LogP contribution in [0.4, 0.5) is 0 Å². The van der Waals surface area contributed by atoms with E-state index in [0.29, 0.717) is 36.8 Å². The van der Waals surface area contributed by atoms with Crippen LogP contribution in [0.25, 0.3) is 11.3 Å². The molecule has 1 amide bonds. The smallest absolute Gasteiger partial charge is 0.257 e. The molecule has 0 aliphatic carbocycles. The van der Waals surface area contributed by atoms with Crippen molar-refractivity contribution in [3.8, 4) is 11.3 Å². The van der Waals surface area contributed by atoms with Gasteiger partial charge in [-0.25, -0.2) is 4.98 Å². The summed E-state index contributed by atoms with van der Waals surface area (Å²) in [6.07, 6.45) is 9.86. The summed E-state index contributed by atoms with van der Waals surface area (Å²) in [5.41, 5.74) is 2.05. The molecule has 8 heteroatoms. The average Bonchev–Trinajstić information content (AvgIpc) is 3.25. The van der Waals surface area contributed by atoms with E-state index < -0.39 is 0 Å². The Morgan fingerprint density at radius 3 is 2.67 bits per heavy atom. The summed E-state index contributed by atoms with van der Waals surface area (Å²) in [5.74, 6) is 0.354. The number of H-pyrrole nitrogens is 1. The molecule has 1 aliphatic heterocycles. The summed E-state index contributed by atoms with van der Waals surface area (Å²) in [6.45, 7) is 1.99. The first kappa shape index (κ1) is 17.1. The van der Waals surface area contributed by atoms with Gasteiger partial charge in [0.05, 0.1) is 23.8 Å². The van der Waals surface area contributed by atoms with Crippen LogP contribution in [0.15, 0.2) is 54.1 Å². The van der Waals surface area contributed by atoms with Crippen molar-refractivity contribution < 1.29 is 4.79 Å². The number of piperidine rings is 1. The Balaban J connectivity index is 1.38. The minimum absolute atomic E-state index is 0.00253. The van der Waals surface area contributed by atoms with E-state index in [1.165, 1.54) is 0 Å². The molecule has 1 fully saturated rings. The van der Waals surface area contributed by atoms with E-state index in [1.54, 1.807) is 41.7 Å². The van der Waals surface area contributed by atoms with Gasteiger partial charge >= 0.3 is 0 Å². The predicted octanol–water partition coefficient (Wildman–Crippen LogP) is 1.58. The van der Waals surface area contributed by atoms with Crippen molar-refractivity contribution in [3.63, 3.8) is 0 Å². The summed E-state index contributed by atoms with van der Waals surface area (Å²) in [7, 11) is 0. The Morgan fingerprint density at radius 1 is 1.22 bits per heavy atom. The van der Waals surface area contributed by atoms with E-state index in [1.807, 2.05) is 17.0 Å². The molecule has 0 saturated carbocycles. The first-order valence-corrected chi connectivity index (χ1v) is 8.95. The monoisotopic (exact) mass is 364 g/mol. The Hall–Kier alpha value is -3.29. The molecule has 1 saturated heterocycles. The minimum atomic E-state index is -0.0614. The molecule has 1 aliphatic rings. The molecule has 0 bridgehead atoms. The third-order valence-electron chi connectivity index (χ3n) is 4.96. The van der Waals surface area contributed by atoms with Gasteiger partial charge in [-0.05, 0) is 30.9 Å². The van der Waals surface area contributed by atoms with Gasteiger partial charge in [0.25, 0.3) is 11.5 Å². The van der Waals surface area contributed by atoms with E-state index in [2.05, 4.69) is 20.2 Å². The topological polar surface area (TPSA) is 96.8 Å². The van der Waals surface area contributed by atoms with Crippen LogP contribution < -0.4 is 5.56 Å². The van der Waals surface area contributed by atoms with Crippen molar-refractivity contribution in [1.82, 2.24) is 29.6 Å². The quantitative estimate of drug-likeness (QED) is 0.758. The fourth-order valence-electron chi connectivity index (χ4n) is 3.39. The van der Waals surface area contributed by atoms with Crippen molar-refractivity contribution in [2.24, 2.45) is 5.92 Å². The highest BCUT2D eigenvalue weighted by atomic mass is 16.2. The van der Waals surface area contributed by atoms with Crippen LogP contribution in [0.1, 0.15) is 23.2 Å². The number of pyridine rings is 1. The van der Waals surface area contributed by atoms with Gasteiger partial charge in [0.1, 0.15) is 0 Å². The van der Waals surface area contributed by atoms with Crippen LogP contribution in [-0.2, 0) is 6.54 Å². The molecule has 0 radical (unpaired) electrons. The molecular formula is C19H20N6O2. The van der Waals surface area contributed by atoms with Gasteiger partial charge in [0.2, 0.25) is 0 Å². The highest BCUT2D eigenvalue weighted by Gasteiger charge is 2.24. The van der Waals surface area contributed by atoms with Gasteiger partial charge in [-0.3, -0.25) is 24.2 Å². The molecule has 4 heterocycles. The van der Waals surface area contributed by atoms with E-state index >= 15 is 0 Å². The van der Waals surface area contributed by atoms with Crippen molar-refractivity contribution >= 4 is 5.91 Å². The second-order valence-electron chi connectivity index (χ2n) is 6.72. The number of aromatic nitrogens is 5. The first-order chi connectivity index (χ1) is 13.2. The van der Waals surface area contributed by atoms with E-state index in [0.717, 1.165) is 18.4 Å². The van der Waals surface area contributed by atoms with Crippen LogP contribution in [0.5, 0.6) is 0 Å². The molecule has 0 unspecified atom stereocenters. The number of hydrogen-bond acceptors (Lipinski definition) is 5. The SMILES string of the molecule is O=C(c1cn[nH]c1)N1CCC(Cn2cnc(-c3ccncc3)cc2=O)CC1. The second kappa shape index (κ2) is 7.53.